The zero-order valence-corrected chi connectivity index (χ0v) is 12.7. The van der Waals surface area contributed by atoms with Crippen LogP contribution in [-0.4, -0.2) is 30.1 Å². The van der Waals surface area contributed by atoms with Gasteiger partial charge in [0, 0.05) is 12.2 Å². The molecule has 0 saturated carbocycles. The van der Waals surface area contributed by atoms with Crippen LogP contribution in [0.4, 0.5) is 5.69 Å². The number of carboxylic acids is 1. The van der Waals surface area contributed by atoms with Crippen molar-refractivity contribution in [1.29, 1.82) is 0 Å². The van der Waals surface area contributed by atoms with E-state index < -0.39 is 11.4 Å². The topological polar surface area (TPSA) is 78.4 Å². The fraction of sp³-hybridized carbons (Fsp3) is 0.500. The first-order chi connectivity index (χ1) is 9.75. The lowest BCUT2D eigenvalue weighted by atomic mass is 9.84. The smallest absolute Gasteiger partial charge is 0.313 e. The largest absolute Gasteiger partial charge is 0.481 e. The molecule has 1 saturated heterocycles. The number of carboxylic acid groups (broad SMARTS) is 1. The number of hydrogen-bond donors (Lipinski definition) is 3. The SMILES string of the molecule is CC1(C(=O)Nc2ccc(C(C)(C)C(=O)O)cc2)CCNC1. The monoisotopic (exact) mass is 290 g/mol. The highest BCUT2D eigenvalue weighted by molar-refractivity contribution is 5.95. The zero-order chi connectivity index (χ0) is 15.7. The van der Waals surface area contributed by atoms with E-state index in [4.69, 9.17) is 0 Å². The van der Waals surface area contributed by atoms with Gasteiger partial charge in [0.25, 0.3) is 0 Å². The van der Waals surface area contributed by atoms with Crippen molar-refractivity contribution in [2.24, 2.45) is 5.41 Å². The quantitative estimate of drug-likeness (QED) is 0.792. The normalized spacial score (nSPS) is 22.0. The summed E-state index contributed by atoms with van der Waals surface area (Å²) in [4.78, 5) is 23.5. The van der Waals surface area contributed by atoms with Gasteiger partial charge in [0.05, 0.1) is 10.8 Å². The number of anilines is 1. The summed E-state index contributed by atoms with van der Waals surface area (Å²) in [5.41, 5.74) is 0.0860. The second-order valence-electron chi connectivity index (χ2n) is 6.45. The van der Waals surface area contributed by atoms with Crippen LogP contribution in [0.5, 0.6) is 0 Å². The van der Waals surface area contributed by atoms with E-state index in [0.29, 0.717) is 17.8 Å². The van der Waals surface area contributed by atoms with E-state index in [2.05, 4.69) is 10.6 Å². The van der Waals surface area contributed by atoms with E-state index in [1.54, 1.807) is 38.1 Å². The van der Waals surface area contributed by atoms with Crippen LogP contribution in [0.25, 0.3) is 0 Å². The van der Waals surface area contributed by atoms with Crippen LogP contribution in [0, 0.1) is 5.41 Å². The van der Waals surface area contributed by atoms with Crippen molar-refractivity contribution in [3.8, 4) is 0 Å². The van der Waals surface area contributed by atoms with Crippen LogP contribution in [-0.2, 0) is 15.0 Å². The van der Waals surface area contributed by atoms with E-state index in [9.17, 15) is 14.7 Å². The Balaban J connectivity index is 2.10. The third-order valence-corrected chi connectivity index (χ3v) is 4.32. The first-order valence-electron chi connectivity index (χ1n) is 7.12. The molecule has 1 unspecified atom stereocenters. The van der Waals surface area contributed by atoms with Gasteiger partial charge >= 0.3 is 5.97 Å². The van der Waals surface area contributed by atoms with E-state index in [1.807, 2.05) is 6.92 Å². The molecule has 2 rings (SSSR count). The molecule has 114 valence electrons. The van der Waals surface area contributed by atoms with E-state index in [-0.39, 0.29) is 11.3 Å². The maximum absolute atomic E-state index is 12.3. The standard InChI is InChI=1S/C16H22N2O3/c1-15(2,14(20)21)11-4-6-12(7-5-11)18-13(19)16(3)8-9-17-10-16/h4-7,17H,8-10H2,1-3H3,(H,18,19)(H,20,21). The van der Waals surface area contributed by atoms with Crippen LogP contribution in [0.15, 0.2) is 24.3 Å². The number of hydrogen-bond acceptors (Lipinski definition) is 3. The first kappa shape index (κ1) is 15.5. The number of aliphatic carboxylic acids is 1. The fourth-order valence-electron chi connectivity index (χ4n) is 2.39. The van der Waals surface area contributed by atoms with Crippen molar-refractivity contribution in [2.45, 2.75) is 32.6 Å². The minimum atomic E-state index is -0.941. The van der Waals surface area contributed by atoms with Crippen molar-refractivity contribution in [3.63, 3.8) is 0 Å². The van der Waals surface area contributed by atoms with Crippen molar-refractivity contribution in [3.05, 3.63) is 29.8 Å². The number of carbonyl (C=O) groups is 2. The van der Waals surface area contributed by atoms with Crippen molar-refractivity contribution >= 4 is 17.6 Å². The highest BCUT2D eigenvalue weighted by atomic mass is 16.4. The molecule has 1 aromatic rings. The van der Waals surface area contributed by atoms with Gasteiger partial charge < -0.3 is 15.7 Å². The minimum Gasteiger partial charge on any atom is -0.481 e. The van der Waals surface area contributed by atoms with E-state index >= 15 is 0 Å². The third-order valence-electron chi connectivity index (χ3n) is 4.32. The van der Waals surface area contributed by atoms with Gasteiger partial charge in [0.15, 0.2) is 0 Å². The Hall–Kier alpha value is -1.88. The Kier molecular flexibility index (Phi) is 4.05. The van der Waals surface area contributed by atoms with Gasteiger partial charge in [-0.15, -0.1) is 0 Å². The molecule has 1 aliphatic rings. The number of amides is 1. The first-order valence-corrected chi connectivity index (χ1v) is 7.12. The summed E-state index contributed by atoms with van der Waals surface area (Å²) in [7, 11) is 0. The van der Waals surface area contributed by atoms with Gasteiger partial charge in [-0.1, -0.05) is 12.1 Å². The molecule has 1 atom stereocenters. The lowest BCUT2D eigenvalue weighted by Crippen LogP contribution is -2.35. The molecule has 21 heavy (non-hydrogen) atoms. The Labute approximate surface area is 124 Å². The van der Waals surface area contributed by atoms with Crippen LogP contribution >= 0.6 is 0 Å². The Bertz CT molecular complexity index is 543. The van der Waals surface area contributed by atoms with Gasteiger partial charge in [0.2, 0.25) is 5.91 Å². The molecular weight excluding hydrogens is 268 g/mol. The highest BCUT2D eigenvalue weighted by Crippen LogP contribution is 2.28. The Morgan fingerprint density at radius 3 is 2.38 bits per heavy atom. The second kappa shape index (κ2) is 5.48. The molecule has 0 spiro atoms. The van der Waals surface area contributed by atoms with Crippen molar-refractivity contribution in [2.75, 3.05) is 18.4 Å². The predicted molar refractivity (Wildman–Crippen MR) is 81.3 cm³/mol. The summed E-state index contributed by atoms with van der Waals surface area (Å²) in [6, 6.07) is 7.01. The van der Waals surface area contributed by atoms with Crippen molar-refractivity contribution < 1.29 is 14.7 Å². The summed E-state index contributed by atoms with van der Waals surface area (Å²) >= 11 is 0. The average Bonchev–Trinajstić information content (AvgIpc) is 2.87. The Morgan fingerprint density at radius 2 is 1.90 bits per heavy atom. The van der Waals surface area contributed by atoms with Crippen molar-refractivity contribution in [1.82, 2.24) is 5.32 Å². The van der Waals surface area contributed by atoms with Crippen LogP contribution in [0.2, 0.25) is 0 Å². The van der Waals surface area contributed by atoms with Gasteiger partial charge in [0.1, 0.15) is 0 Å². The molecule has 1 aromatic carbocycles. The van der Waals surface area contributed by atoms with E-state index in [0.717, 1.165) is 13.0 Å². The number of rotatable bonds is 4. The molecule has 1 heterocycles. The Morgan fingerprint density at radius 1 is 1.29 bits per heavy atom. The summed E-state index contributed by atoms with van der Waals surface area (Å²) < 4.78 is 0. The van der Waals surface area contributed by atoms with Gasteiger partial charge in [-0.2, -0.15) is 0 Å². The molecule has 0 aromatic heterocycles. The predicted octanol–water partition coefficient (Wildman–Crippen LogP) is 1.99. The lowest BCUT2D eigenvalue weighted by Gasteiger charge is -2.22. The molecule has 0 radical (unpaired) electrons. The lowest BCUT2D eigenvalue weighted by molar-refractivity contribution is -0.142. The van der Waals surface area contributed by atoms with Gasteiger partial charge in [-0.3, -0.25) is 9.59 Å². The third kappa shape index (κ3) is 3.08. The number of carbonyl (C=O) groups excluding carboxylic acids is 1. The van der Waals surface area contributed by atoms with Crippen LogP contribution < -0.4 is 10.6 Å². The molecule has 3 N–H and O–H groups in total. The number of nitrogens with one attached hydrogen (secondary N) is 2. The molecule has 0 bridgehead atoms. The maximum atomic E-state index is 12.3. The molecule has 1 aliphatic heterocycles. The van der Waals surface area contributed by atoms with Crippen LogP contribution in [0.1, 0.15) is 32.8 Å². The van der Waals surface area contributed by atoms with Gasteiger partial charge in [-0.25, -0.2) is 0 Å². The van der Waals surface area contributed by atoms with Gasteiger partial charge in [-0.05, 0) is 51.4 Å². The molecule has 5 nitrogen and oxygen atoms in total. The molecular formula is C16H22N2O3. The summed E-state index contributed by atoms with van der Waals surface area (Å²) in [6.07, 6.45) is 0.822. The summed E-state index contributed by atoms with van der Waals surface area (Å²) in [6.45, 7) is 6.81. The fourth-order valence-corrected chi connectivity index (χ4v) is 2.39. The highest BCUT2D eigenvalue weighted by Gasteiger charge is 2.36. The van der Waals surface area contributed by atoms with Crippen LogP contribution in [0.3, 0.4) is 0 Å². The average molecular weight is 290 g/mol. The zero-order valence-electron chi connectivity index (χ0n) is 12.7. The minimum absolute atomic E-state index is 0.00209. The summed E-state index contributed by atoms with van der Waals surface area (Å²) in [5.74, 6) is -0.874. The summed E-state index contributed by atoms with van der Waals surface area (Å²) in [5, 5.41) is 15.3. The molecule has 1 amide bonds. The maximum Gasteiger partial charge on any atom is 0.313 e. The second-order valence-corrected chi connectivity index (χ2v) is 6.45. The molecule has 0 aliphatic carbocycles. The number of benzene rings is 1. The molecule has 1 fully saturated rings. The van der Waals surface area contributed by atoms with E-state index in [1.165, 1.54) is 0 Å². The molecule has 5 heteroatoms.